The molecule has 1 saturated carbocycles. The number of hydrogen-bond acceptors (Lipinski definition) is 6. The fourth-order valence-electron chi connectivity index (χ4n) is 3.38. The van der Waals surface area contributed by atoms with E-state index in [1.165, 1.54) is 19.3 Å². The lowest BCUT2D eigenvalue weighted by Gasteiger charge is -2.19. The number of aryl methyl sites for hydroxylation is 2. The number of benzene rings is 1. The summed E-state index contributed by atoms with van der Waals surface area (Å²) in [6.45, 7) is 1.90. The molecule has 1 aromatic carbocycles. The van der Waals surface area contributed by atoms with E-state index in [0.29, 0.717) is 0 Å². The van der Waals surface area contributed by atoms with Crippen LogP contribution in [0.3, 0.4) is 0 Å². The zero-order chi connectivity index (χ0) is 20.0. The molecule has 1 aromatic heterocycles. The Hall–Kier alpha value is -2.22. The molecule has 8 heteroatoms. The van der Waals surface area contributed by atoms with Crippen LogP contribution >= 0.6 is 0 Å². The van der Waals surface area contributed by atoms with Crippen molar-refractivity contribution in [1.29, 1.82) is 0 Å². The number of aromatic nitrogens is 2. The van der Waals surface area contributed by atoms with Crippen LogP contribution in [0.15, 0.2) is 33.7 Å². The van der Waals surface area contributed by atoms with Gasteiger partial charge in [-0.05, 0) is 31.9 Å². The van der Waals surface area contributed by atoms with Gasteiger partial charge in [0.1, 0.15) is 0 Å². The van der Waals surface area contributed by atoms with Gasteiger partial charge in [0.05, 0.1) is 10.6 Å². The summed E-state index contributed by atoms with van der Waals surface area (Å²) in [5.41, 5.74) is 0.997. The first kappa shape index (κ1) is 20.5. The molecular formula is C20H27N3O4S. The third kappa shape index (κ3) is 5.64. The molecule has 1 heterocycles. The second-order valence-electron chi connectivity index (χ2n) is 7.41. The number of carbonyl (C=O) groups excluding carboxylic acids is 1. The maximum Gasteiger partial charge on any atom is 0.315 e. The van der Waals surface area contributed by atoms with E-state index in [1.807, 2.05) is 6.92 Å². The maximum atomic E-state index is 12.4. The smallest absolute Gasteiger partial charge is 0.315 e. The standard InChI is InChI=1S/C20H27N3O4S/c1-15-9-11-17(12-10-15)28(25,26)14-13-18-22-20(27-23-18)19(24)21-16-7-5-3-2-4-6-8-16/h9-12,16H,2-8,13-14H2,1H3,(H,21,24). The molecule has 1 aliphatic carbocycles. The highest BCUT2D eigenvalue weighted by atomic mass is 32.2. The molecule has 0 aliphatic heterocycles. The average Bonchev–Trinajstić information content (AvgIpc) is 3.12. The van der Waals surface area contributed by atoms with Gasteiger partial charge in [-0.25, -0.2) is 8.42 Å². The number of sulfone groups is 1. The van der Waals surface area contributed by atoms with Crippen molar-refractivity contribution < 1.29 is 17.7 Å². The number of amides is 1. The number of nitrogens with one attached hydrogen (secondary N) is 1. The molecular weight excluding hydrogens is 378 g/mol. The van der Waals surface area contributed by atoms with Gasteiger partial charge in [0.25, 0.3) is 0 Å². The third-order valence-corrected chi connectivity index (χ3v) is 6.81. The second-order valence-corrected chi connectivity index (χ2v) is 9.52. The summed E-state index contributed by atoms with van der Waals surface area (Å²) in [5.74, 6) is -0.409. The first-order valence-corrected chi connectivity index (χ1v) is 11.5. The van der Waals surface area contributed by atoms with Gasteiger partial charge in [-0.2, -0.15) is 4.98 Å². The second kappa shape index (κ2) is 9.32. The molecule has 2 aromatic rings. The van der Waals surface area contributed by atoms with Crippen LogP contribution in [0.1, 0.15) is 67.0 Å². The fourth-order valence-corrected chi connectivity index (χ4v) is 4.62. The van der Waals surface area contributed by atoms with Crippen molar-refractivity contribution in [3.63, 3.8) is 0 Å². The predicted octanol–water partition coefficient (Wildman–Crippen LogP) is 3.24. The van der Waals surface area contributed by atoms with Gasteiger partial charge in [0.15, 0.2) is 15.7 Å². The molecule has 1 amide bonds. The van der Waals surface area contributed by atoms with Crippen LogP contribution in [0.2, 0.25) is 0 Å². The number of nitrogens with zero attached hydrogens (tertiary/aromatic N) is 2. The molecule has 28 heavy (non-hydrogen) atoms. The quantitative estimate of drug-likeness (QED) is 0.791. The fraction of sp³-hybridized carbons (Fsp3) is 0.550. The largest absolute Gasteiger partial charge is 0.345 e. The third-order valence-electron chi connectivity index (χ3n) is 5.08. The molecule has 152 valence electrons. The van der Waals surface area contributed by atoms with Crippen molar-refractivity contribution in [2.75, 3.05) is 5.75 Å². The Morgan fingerprint density at radius 3 is 2.43 bits per heavy atom. The van der Waals surface area contributed by atoms with Crippen molar-refractivity contribution in [2.24, 2.45) is 0 Å². The minimum Gasteiger partial charge on any atom is -0.345 e. The Morgan fingerprint density at radius 1 is 1.11 bits per heavy atom. The lowest BCUT2D eigenvalue weighted by molar-refractivity contribution is 0.0886. The summed E-state index contributed by atoms with van der Waals surface area (Å²) in [6.07, 6.45) is 7.89. The Bertz CT molecular complexity index is 882. The molecule has 7 nitrogen and oxygen atoms in total. The topological polar surface area (TPSA) is 102 Å². The van der Waals surface area contributed by atoms with Gasteiger partial charge in [-0.15, -0.1) is 0 Å². The summed E-state index contributed by atoms with van der Waals surface area (Å²) in [5, 5.41) is 6.73. The Labute approximate surface area is 165 Å². The SMILES string of the molecule is Cc1ccc(S(=O)(=O)CCc2noc(C(=O)NC3CCCCCCC3)n2)cc1. The Balaban J connectivity index is 1.56. The molecule has 3 rings (SSSR count). The van der Waals surface area contributed by atoms with E-state index in [2.05, 4.69) is 15.5 Å². The first-order chi connectivity index (χ1) is 13.4. The summed E-state index contributed by atoms with van der Waals surface area (Å²) >= 11 is 0. The van der Waals surface area contributed by atoms with E-state index in [0.717, 1.165) is 31.2 Å². The summed E-state index contributed by atoms with van der Waals surface area (Å²) in [4.78, 5) is 16.7. The van der Waals surface area contributed by atoms with Crippen molar-refractivity contribution in [3.8, 4) is 0 Å². The van der Waals surface area contributed by atoms with Gasteiger partial charge in [0, 0.05) is 12.5 Å². The summed E-state index contributed by atoms with van der Waals surface area (Å²) in [7, 11) is -3.44. The highest BCUT2D eigenvalue weighted by Gasteiger charge is 2.21. The van der Waals surface area contributed by atoms with Gasteiger partial charge < -0.3 is 9.84 Å². The van der Waals surface area contributed by atoms with Crippen LogP contribution in [0, 0.1) is 6.92 Å². The van der Waals surface area contributed by atoms with Gasteiger partial charge in [0.2, 0.25) is 0 Å². The van der Waals surface area contributed by atoms with Crippen LogP contribution in [-0.4, -0.2) is 36.3 Å². The molecule has 0 radical (unpaired) electrons. The molecule has 1 aliphatic rings. The zero-order valence-electron chi connectivity index (χ0n) is 16.2. The van der Waals surface area contributed by atoms with Crippen LogP contribution in [-0.2, 0) is 16.3 Å². The number of hydrogen-bond donors (Lipinski definition) is 1. The predicted molar refractivity (Wildman–Crippen MR) is 105 cm³/mol. The van der Waals surface area contributed by atoms with Gasteiger partial charge >= 0.3 is 11.8 Å². The first-order valence-electron chi connectivity index (χ1n) is 9.87. The summed E-state index contributed by atoms with van der Waals surface area (Å²) in [6, 6.07) is 6.84. The molecule has 1 fully saturated rings. The average molecular weight is 406 g/mol. The highest BCUT2D eigenvalue weighted by molar-refractivity contribution is 7.91. The monoisotopic (exact) mass is 405 g/mol. The van der Waals surface area contributed by atoms with Crippen molar-refractivity contribution in [1.82, 2.24) is 15.5 Å². The lowest BCUT2D eigenvalue weighted by atomic mass is 9.97. The van der Waals surface area contributed by atoms with E-state index in [1.54, 1.807) is 24.3 Å². The van der Waals surface area contributed by atoms with Crippen molar-refractivity contribution >= 4 is 15.7 Å². The van der Waals surface area contributed by atoms with Gasteiger partial charge in [-0.3, -0.25) is 4.79 Å². The molecule has 0 spiro atoms. The van der Waals surface area contributed by atoms with Crippen LogP contribution in [0.25, 0.3) is 0 Å². The van der Waals surface area contributed by atoms with Crippen LogP contribution in [0.5, 0.6) is 0 Å². The van der Waals surface area contributed by atoms with Crippen molar-refractivity contribution in [3.05, 3.63) is 41.5 Å². The van der Waals surface area contributed by atoms with Crippen LogP contribution in [0.4, 0.5) is 0 Å². The summed E-state index contributed by atoms with van der Waals surface area (Å²) < 4.78 is 29.9. The minimum atomic E-state index is -3.44. The number of rotatable bonds is 6. The Morgan fingerprint density at radius 2 is 1.75 bits per heavy atom. The molecule has 0 atom stereocenters. The highest BCUT2D eigenvalue weighted by Crippen LogP contribution is 2.17. The minimum absolute atomic E-state index is 0.0937. The van der Waals surface area contributed by atoms with Crippen molar-refractivity contribution in [2.45, 2.75) is 69.2 Å². The van der Waals surface area contributed by atoms with Crippen LogP contribution < -0.4 is 5.32 Å². The zero-order valence-corrected chi connectivity index (χ0v) is 17.0. The Kier molecular flexibility index (Phi) is 6.83. The maximum absolute atomic E-state index is 12.4. The molecule has 0 saturated heterocycles. The number of carbonyl (C=O) groups is 1. The van der Waals surface area contributed by atoms with E-state index < -0.39 is 9.84 Å². The molecule has 0 bridgehead atoms. The molecule has 0 unspecified atom stereocenters. The van der Waals surface area contributed by atoms with E-state index >= 15 is 0 Å². The molecule has 1 N–H and O–H groups in total. The van der Waals surface area contributed by atoms with E-state index in [4.69, 9.17) is 4.52 Å². The lowest BCUT2D eigenvalue weighted by Crippen LogP contribution is -2.35. The van der Waals surface area contributed by atoms with E-state index in [9.17, 15) is 13.2 Å². The normalized spacial score (nSPS) is 16.3. The van der Waals surface area contributed by atoms with Gasteiger partial charge in [-0.1, -0.05) is 55.0 Å². The van der Waals surface area contributed by atoms with E-state index in [-0.39, 0.29) is 40.7 Å².